The topological polar surface area (TPSA) is 101 Å². The number of aromatic nitrogens is 4. The molecule has 8 heterocycles. The van der Waals surface area contributed by atoms with Crippen molar-refractivity contribution < 1.29 is 0 Å². The molecular weight excluding hydrogens is 592 g/mol. The van der Waals surface area contributed by atoms with Gasteiger partial charge < -0.3 is 0 Å². The van der Waals surface area contributed by atoms with E-state index in [0.29, 0.717) is 23.7 Å². The van der Waals surface area contributed by atoms with Crippen molar-refractivity contribution in [1.29, 1.82) is 0 Å². The average molecular weight is 641 g/mol. The number of rotatable bonds is 4. The first-order valence-corrected chi connectivity index (χ1v) is 17.1. The van der Waals surface area contributed by atoms with Gasteiger partial charge in [-0.1, -0.05) is 61.5 Å². The number of aliphatic imine (C=N–C) groups is 4. The lowest BCUT2D eigenvalue weighted by Gasteiger charge is -2.05. The minimum Gasteiger partial charge on any atom is -0.288 e. The maximum absolute atomic E-state index is 4.46. The first-order valence-electron chi connectivity index (χ1n) is 17.1. The smallest absolute Gasteiger partial charge is 0.0893 e. The van der Waals surface area contributed by atoms with Gasteiger partial charge in [-0.05, 0) is 59.6 Å². The Bertz CT molecular complexity index is 1780. The van der Waals surface area contributed by atoms with Gasteiger partial charge in [0.05, 0.1) is 43.3 Å². The van der Waals surface area contributed by atoms with Crippen molar-refractivity contribution in [3.05, 3.63) is 117 Å². The molecule has 8 rings (SSSR count). The van der Waals surface area contributed by atoms with E-state index in [1.54, 1.807) is 0 Å². The molecule has 0 saturated heterocycles. The van der Waals surface area contributed by atoms with E-state index in [0.717, 1.165) is 49.0 Å². The maximum Gasteiger partial charge on any atom is 0.0893 e. The van der Waals surface area contributed by atoms with E-state index >= 15 is 0 Å². The molecule has 0 saturated carbocycles. The minimum atomic E-state index is 0.487. The highest BCUT2D eigenvalue weighted by Gasteiger charge is 2.19. The van der Waals surface area contributed by atoms with Crippen LogP contribution < -0.4 is 0 Å². The molecule has 0 amide bonds. The zero-order chi connectivity index (χ0) is 34.2. The molecule has 4 aromatic heterocycles. The summed E-state index contributed by atoms with van der Waals surface area (Å²) in [5, 5.41) is 0. The van der Waals surface area contributed by atoms with Crippen LogP contribution in [0.15, 0.2) is 81.2 Å². The van der Waals surface area contributed by atoms with Crippen molar-refractivity contribution in [3.8, 4) is 0 Å². The highest BCUT2D eigenvalue weighted by atomic mass is 14.9. The number of pyridine rings is 4. The van der Waals surface area contributed by atoms with Crippen LogP contribution in [0.3, 0.4) is 0 Å². The summed E-state index contributed by atoms with van der Waals surface area (Å²) in [7, 11) is 0. The highest BCUT2D eigenvalue weighted by molar-refractivity contribution is 6.04. The van der Waals surface area contributed by atoms with Crippen LogP contribution in [0.5, 0.6) is 0 Å². The van der Waals surface area contributed by atoms with Crippen molar-refractivity contribution in [3.63, 3.8) is 0 Å². The molecule has 0 aromatic carbocycles. The summed E-state index contributed by atoms with van der Waals surface area (Å²) in [4.78, 5) is 34.6. The van der Waals surface area contributed by atoms with Crippen molar-refractivity contribution in [1.82, 2.24) is 19.9 Å². The predicted octanol–water partition coefficient (Wildman–Crippen LogP) is 8.36. The molecule has 8 nitrogen and oxygen atoms in total. The van der Waals surface area contributed by atoms with E-state index in [1.807, 2.05) is 49.3 Å². The van der Waals surface area contributed by atoms with Gasteiger partial charge in [-0.15, -0.1) is 0 Å². The molecule has 0 unspecified atom stereocenters. The molecule has 0 N–H and O–H groups in total. The van der Waals surface area contributed by atoms with E-state index in [4.69, 9.17) is 0 Å². The van der Waals surface area contributed by atoms with Gasteiger partial charge in [-0.2, -0.15) is 0 Å². The Morgan fingerprint density at radius 2 is 1.15 bits per heavy atom. The Hall–Kier alpha value is -4.72. The van der Waals surface area contributed by atoms with Crippen molar-refractivity contribution >= 4 is 23.9 Å². The Morgan fingerprint density at radius 1 is 0.521 bits per heavy atom. The summed E-state index contributed by atoms with van der Waals surface area (Å²) in [5.74, 6) is 2.01. The second-order valence-corrected chi connectivity index (χ2v) is 13.6. The molecule has 48 heavy (non-hydrogen) atoms. The van der Waals surface area contributed by atoms with E-state index in [2.05, 4.69) is 120 Å². The van der Waals surface area contributed by atoms with Gasteiger partial charge >= 0.3 is 0 Å². The van der Waals surface area contributed by atoms with Crippen LogP contribution in [0.2, 0.25) is 0 Å². The van der Waals surface area contributed by atoms with Gasteiger partial charge in [-0.3, -0.25) is 39.9 Å². The van der Waals surface area contributed by atoms with Crippen LogP contribution in [0.1, 0.15) is 123 Å². The summed E-state index contributed by atoms with van der Waals surface area (Å²) >= 11 is 0. The van der Waals surface area contributed by atoms with Gasteiger partial charge in [-0.25, -0.2) is 0 Å². The van der Waals surface area contributed by atoms with E-state index in [1.165, 1.54) is 44.8 Å². The lowest BCUT2D eigenvalue weighted by molar-refractivity contribution is 0.818. The molecule has 0 fully saturated rings. The first kappa shape index (κ1) is 34.6. The van der Waals surface area contributed by atoms with E-state index < -0.39 is 0 Å². The van der Waals surface area contributed by atoms with Crippen LogP contribution in [0.25, 0.3) is 0 Å². The standard InChI is InChI=1S/4C10H12N2/c2*1-7(2)10-3-8-4-11-5-9(8)6-12-10;1-7(2)10-8-4-3-5-11-9(8)6-12-10;1-7(2)9-10-8(6-12-9)4-3-5-11-10/h3,5-7H,4H2,1-2H3;3-4,6-7H,5H2,1-2H3;2*3-5,7H,6H2,1-2H3. The largest absolute Gasteiger partial charge is 0.288 e. The molecule has 4 aliphatic rings. The SMILES string of the molecule is CC(C)C1=NCc2cccnc21.CC(C)C1=NCc2ncccc21.CC(C)c1cc2c(cn1)C=NC2.CC(C)c1cc2c(cn1)CN=C2. The molecule has 0 aliphatic carbocycles. The summed E-state index contributed by atoms with van der Waals surface area (Å²) in [6.45, 7) is 20.5. The predicted molar refractivity (Wildman–Crippen MR) is 198 cm³/mol. The second-order valence-electron chi connectivity index (χ2n) is 13.6. The quantitative estimate of drug-likeness (QED) is 0.224. The van der Waals surface area contributed by atoms with Crippen LogP contribution in [0.4, 0.5) is 0 Å². The van der Waals surface area contributed by atoms with Crippen LogP contribution in [-0.2, 0) is 26.2 Å². The first-order chi connectivity index (χ1) is 23.1. The number of hydrogen-bond donors (Lipinski definition) is 0. The number of fused-ring (bicyclic) bond motifs is 4. The summed E-state index contributed by atoms with van der Waals surface area (Å²) < 4.78 is 0. The second kappa shape index (κ2) is 15.9. The minimum absolute atomic E-state index is 0.487. The van der Waals surface area contributed by atoms with Crippen molar-refractivity contribution in [2.75, 3.05) is 0 Å². The zero-order valence-electron chi connectivity index (χ0n) is 29.6. The fraction of sp³-hybridized carbons (Fsp3) is 0.400. The lowest BCUT2D eigenvalue weighted by Crippen LogP contribution is -2.08. The molecule has 0 spiro atoms. The molecule has 4 aliphatic heterocycles. The summed E-state index contributed by atoms with van der Waals surface area (Å²) in [5.41, 5.74) is 14.4. The van der Waals surface area contributed by atoms with Gasteiger partial charge in [0.25, 0.3) is 0 Å². The van der Waals surface area contributed by atoms with E-state index in [-0.39, 0.29) is 0 Å². The molecular formula is C40H48N8. The summed E-state index contributed by atoms with van der Waals surface area (Å²) in [6.07, 6.45) is 11.4. The molecule has 4 aromatic rings. The third-order valence-corrected chi connectivity index (χ3v) is 8.47. The Labute approximate surface area is 285 Å². The number of hydrogen-bond acceptors (Lipinski definition) is 8. The third-order valence-electron chi connectivity index (χ3n) is 8.47. The van der Waals surface area contributed by atoms with Crippen LogP contribution >= 0.6 is 0 Å². The van der Waals surface area contributed by atoms with Gasteiger partial charge in [0.1, 0.15) is 0 Å². The van der Waals surface area contributed by atoms with Crippen molar-refractivity contribution in [2.45, 2.75) is 93.4 Å². The fourth-order valence-corrected chi connectivity index (χ4v) is 5.70. The van der Waals surface area contributed by atoms with Crippen molar-refractivity contribution in [2.24, 2.45) is 31.8 Å². The monoisotopic (exact) mass is 640 g/mol. The zero-order valence-corrected chi connectivity index (χ0v) is 29.6. The number of nitrogens with zero attached hydrogens (tertiary/aromatic N) is 8. The highest BCUT2D eigenvalue weighted by Crippen LogP contribution is 2.22. The Morgan fingerprint density at radius 3 is 1.88 bits per heavy atom. The van der Waals surface area contributed by atoms with Gasteiger partial charge in [0.2, 0.25) is 0 Å². The normalized spacial score (nSPS) is 14.3. The Kier molecular flexibility index (Phi) is 11.5. The van der Waals surface area contributed by atoms with Gasteiger partial charge in [0.15, 0.2) is 0 Å². The van der Waals surface area contributed by atoms with Gasteiger partial charge in [0, 0.05) is 82.1 Å². The van der Waals surface area contributed by atoms with Crippen LogP contribution in [-0.4, -0.2) is 43.8 Å². The van der Waals surface area contributed by atoms with E-state index in [9.17, 15) is 0 Å². The maximum atomic E-state index is 4.46. The lowest BCUT2D eigenvalue weighted by atomic mass is 10.0. The molecule has 8 heteroatoms. The average Bonchev–Trinajstić information content (AvgIpc) is 3.90. The third kappa shape index (κ3) is 8.40. The molecule has 248 valence electrons. The molecule has 0 atom stereocenters. The fourth-order valence-electron chi connectivity index (χ4n) is 5.70. The Balaban J connectivity index is 0.000000125. The van der Waals surface area contributed by atoms with Crippen LogP contribution in [0, 0.1) is 11.8 Å². The summed E-state index contributed by atoms with van der Waals surface area (Å²) in [6, 6.07) is 12.4. The molecule has 0 radical (unpaired) electrons. The molecule has 0 bridgehead atoms.